The Morgan fingerprint density at radius 3 is 2.84 bits per heavy atom. The molecule has 0 unspecified atom stereocenters. The molecule has 0 fully saturated rings. The van der Waals surface area contributed by atoms with Crippen molar-refractivity contribution in [2.45, 2.75) is 13.0 Å². The third-order valence-electron chi connectivity index (χ3n) is 2.35. The molecule has 0 saturated carbocycles. The number of carbonyl (C=O) groups excluding carboxylic acids is 2. The molecule has 5 nitrogen and oxygen atoms in total. The quantitative estimate of drug-likeness (QED) is 0.862. The first kappa shape index (κ1) is 14.5. The van der Waals surface area contributed by atoms with Gasteiger partial charge in [-0.05, 0) is 35.0 Å². The maximum atomic E-state index is 11.9. The number of hydrogen-bond acceptors (Lipinski definition) is 5. The summed E-state index contributed by atoms with van der Waals surface area (Å²) in [5.74, 6) is 0.385. The van der Waals surface area contributed by atoms with E-state index < -0.39 is 6.04 Å². The number of hydrogen-bond donors (Lipinski definition) is 2. The molecule has 1 atom stereocenters. The molecule has 102 valence electrons. The van der Waals surface area contributed by atoms with Gasteiger partial charge in [0.05, 0.1) is 15.2 Å². The van der Waals surface area contributed by atoms with E-state index in [-0.39, 0.29) is 11.8 Å². The molecule has 0 bridgehead atoms. The van der Waals surface area contributed by atoms with Gasteiger partial charge in [-0.1, -0.05) is 11.8 Å². The summed E-state index contributed by atoms with van der Waals surface area (Å²) in [5.41, 5.74) is 0. The molecule has 2 rings (SSSR count). The summed E-state index contributed by atoms with van der Waals surface area (Å²) >= 11 is 6.13. The predicted octanol–water partition coefficient (Wildman–Crippen LogP) is 1.85. The molecule has 0 saturated heterocycles. The van der Waals surface area contributed by atoms with Gasteiger partial charge in [-0.3, -0.25) is 14.6 Å². The molecule has 0 aliphatic carbocycles. The van der Waals surface area contributed by atoms with Crippen molar-refractivity contribution in [1.82, 2.24) is 10.6 Å². The minimum Gasteiger partial charge on any atom is -0.340 e. The molecule has 0 radical (unpaired) electrons. The van der Waals surface area contributed by atoms with Crippen LogP contribution in [0.1, 0.15) is 16.6 Å². The predicted molar refractivity (Wildman–Crippen MR) is 81.8 cm³/mol. The van der Waals surface area contributed by atoms with Gasteiger partial charge < -0.3 is 10.6 Å². The third kappa shape index (κ3) is 4.05. The summed E-state index contributed by atoms with van der Waals surface area (Å²) in [4.78, 5) is 28.4. The van der Waals surface area contributed by atoms with Crippen LogP contribution in [0.2, 0.25) is 0 Å². The lowest BCUT2D eigenvalue weighted by Crippen LogP contribution is -2.45. The Bertz CT molecular complexity index is 530. The van der Waals surface area contributed by atoms with Crippen molar-refractivity contribution in [3.05, 3.63) is 20.8 Å². The fourth-order valence-corrected chi connectivity index (χ4v) is 3.41. The summed E-state index contributed by atoms with van der Waals surface area (Å²) in [6.45, 7) is 2.38. The molecule has 8 heteroatoms. The van der Waals surface area contributed by atoms with Gasteiger partial charge in [0, 0.05) is 5.75 Å². The normalized spacial score (nSPS) is 15.8. The Kier molecular flexibility index (Phi) is 5.00. The monoisotopic (exact) mass is 361 g/mol. The molecule has 0 aromatic carbocycles. The zero-order valence-corrected chi connectivity index (χ0v) is 13.3. The summed E-state index contributed by atoms with van der Waals surface area (Å²) in [7, 11) is 0. The van der Waals surface area contributed by atoms with Crippen LogP contribution in [0.15, 0.2) is 20.9 Å². The number of nitrogens with one attached hydrogen (secondary N) is 2. The minimum atomic E-state index is -0.600. The lowest BCUT2D eigenvalue weighted by molar-refractivity contribution is -0.121. The van der Waals surface area contributed by atoms with Crippen molar-refractivity contribution in [1.29, 1.82) is 0 Å². The van der Waals surface area contributed by atoms with E-state index in [0.717, 1.165) is 16.1 Å². The topological polar surface area (TPSA) is 70.6 Å². The van der Waals surface area contributed by atoms with Crippen LogP contribution >= 0.6 is 39.0 Å². The van der Waals surface area contributed by atoms with Gasteiger partial charge in [0.25, 0.3) is 5.91 Å². The number of thiophene rings is 1. The lowest BCUT2D eigenvalue weighted by atomic mass is 10.3. The lowest BCUT2D eigenvalue weighted by Gasteiger charge is -2.13. The first-order valence-electron chi connectivity index (χ1n) is 5.60. The van der Waals surface area contributed by atoms with Crippen LogP contribution in [-0.4, -0.2) is 35.3 Å². The minimum absolute atomic E-state index is 0.251. The molecule has 19 heavy (non-hydrogen) atoms. The fourth-order valence-electron chi connectivity index (χ4n) is 1.39. The standard InChI is InChI=1S/C11H12BrN3O2S2/c1-6(9(16)15-11-13-4-5-18-11)14-10(17)7-2-3-8(12)19-7/h2-3,6H,4-5H2,1H3,(H,14,17)(H,13,15,16)/t6-/m1/s1. The Morgan fingerprint density at radius 1 is 1.47 bits per heavy atom. The highest BCUT2D eigenvalue weighted by molar-refractivity contribution is 9.11. The van der Waals surface area contributed by atoms with E-state index in [1.165, 1.54) is 23.1 Å². The first-order chi connectivity index (χ1) is 9.06. The highest BCUT2D eigenvalue weighted by atomic mass is 79.9. The van der Waals surface area contributed by atoms with Crippen molar-refractivity contribution >= 4 is 56.0 Å². The highest BCUT2D eigenvalue weighted by Gasteiger charge is 2.19. The van der Waals surface area contributed by atoms with Gasteiger partial charge in [-0.2, -0.15) is 0 Å². The van der Waals surface area contributed by atoms with Gasteiger partial charge in [0.1, 0.15) is 6.04 Å². The maximum Gasteiger partial charge on any atom is 0.262 e. The van der Waals surface area contributed by atoms with Gasteiger partial charge in [-0.25, -0.2) is 0 Å². The Balaban J connectivity index is 1.87. The average molecular weight is 362 g/mol. The number of thioether (sulfide) groups is 1. The van der Waals surface area contributed by atoms with Gasteiger partial charge in [0.2, 0.25) is 5.91 Å². The molecule has 1 aromatic heterocycles. The van der Waals surface area contributed by atoms with E-state index in [1.54, 1.807) is 19.1 Å². The Labute approximate surface area is 127 Å². The molecule has 2 N–H and O–H groups in total. The van der Waals surface area contributed by atoms with E-state index in [2.05, 4.69) is 31.6 Å². The second kappa shape index (κ2) is 6.53. The van der Waals surface area contributed by atoms with E-state index >= 15 is 0 Å². The third-order valence-corrected chi connectivity index (χ3v) is 4.87. The number of aliphatic imine (C=N–C) groups is 1. The molecule has 0 spiro atoms. The zero-order chi connectivity index (χ0) is 13.8. The Hall–Kier alpha value is -0.860. The van der Waals surface area contributed by atoms with Crippen molar-refractivity contribution in [2.75, 3.05) is 12.3 Å². The first-order valence-corrected chi connectivity index (χ1v) is 8.20. The van der Waals surface area contributed by atoms with Crippen LogP contribution < -0.4 is 10.6 Å². The highest BCUT2D eigenvalue weighted by Crippen LogP contribution is 2.21. The second-order valence-electron chi connectivity index (χ2n) is 3.82. The molecule has 2 amide bonds. The Morgan fingerprint density at radius 2 is 2.26 bits per heavy atom. The van der Waals surface area contributed by atoms with E-state index in [9.17, 15) is 9.59 Å². The van der Waals surface area contributed by atoms with Crippen LogP contribution in [0.4, 0.5) is 0 Å². The summed E-state index contributed by atoms with van der Waals surface area (Å²) < 4.78 is 0.881. The van der Waals surface area contributed by atoms with Crippen molar-refractivity contribution in [2.24, 2.45) is 4.99 Å². The van der Waals surface area contributed by atoms with E-state index in [1.807, 2.05) is 0 Å². The van der Waals surface area contributed by atoms with E-state index in [0.29, 0.717) is 10.0 Å². The number of halogens is 1. The summed E-state index contributed by atoms with van der Waals surface area (Å²) in [5, 5.41) is 5.98. The SMILES string of the molecule is C[C@@H](NC(=O)c1ccc(Br)s1)C(=O)NC1=NCCS1. The number of carbonyl (C=O) groups is 2. The maximum absolute atomic E-state index is 11.9. The fraction of sp³-hybridized carbons (Fsp3) is 0.364. The largest absolute Gasteiger partial charge is 0.340 e. The smallest absolute Gasteiger partial charge is 0.262 e. The zero-order valence-electron chi connectivity index (χ0n) is 10.1. The van der Waals surface area contributed by atoms with Crippen LogP contribution in [0.5, 0.6) is 0 Å². The van der Waals surface area contributed by atoms with E-state index in [4.69, 9.17) is 0 Å². The number of amides is 2. The van der Waals surface area contributed by atoms with Gasteiger partial charge in [0.15, 0.2) is 5.17 Å². The van der Waals surface area contributed by atoms with Crippen LogP contribution in [0.3, 0.4) is 0 Å². The molecular formula is C11H12BrN3O2S2. The average Bonchev–Trinajstić information content (AvgIpc) is 3.00. The van der Waals surface area contributed by atoms with Gasteiger partial charge in [-0.15, -0.1) is 11.3 Å². The second-order valence-corrected chi connectivity index (χ2v) is 7.37. The van der Waals surface area contributed by atoms with Crippen LogP contribution in [0, 0.1) is 0 Å². The van der Waals surface area contributed by atoms with Crippen LogP contribution in [0.25, 0.3) is 0 Å². The number of nitrogens with zero attached hydrogens (tertiary/aromatic N) is 1. The van der Waals surface area contributed by atoms with Crippen LogP contribution in [-0.2, 0) is 4.79 Å². The summed E-state index contributed by atoms with van der Waals surface area (Å²) in [6.07, 6.45) is 0. The number of rotatable bonds is 3. The molecular weight excluding hydrogens is 350 g/mol. The molecule has 1 aliphatic rings. The van der Waals surface area contributed by atoms with Crippen molar-refractivity contribution in [3.63, 3.8) is 0 Å². The number of amidine groups is 1. The van der Waals surface area contributed by atoms with Crippen molar-refractivity contribution in [3.8, 4) is 0 Å². The summed E-state index contributed by atoms with van der Waals surface area (Å²) in [6, 6.07) is 2.91. The van der Waals surface area contributed by atoms with Gasteiger partial charge >= 0.3 is 0 Å². The molecule has 2 heterocycles. The molecule has 1 aromatic rings. The van der Waals surface area contributed by atoms with Crippen molar-refractivity contribution < 1.29 is 9.59 Å². The molecule has 1 aliphatic heterocycles.